The summed E-state index contributed by atoms with van der Waals surface area (Å²) in [6.07, 6.45) is 2.02. The molecule has 0 unspecified atom stereocenters. The zero-order valence-corrected chi connectivity index (χ0v) is 15.3. The Morgan fingerprint density at radius 3 is 2.54 bits per heavy atom. The molecule has 1 aliphatic heterocycles. The molecule has 1 aromatic carbocycles. The second-order valence-electron chi connectivity index (χ2n) is 5.63. The molecule has 0 saturated carbocycles. The number of aromatic nitrogens is 2. The number of amides is 1. The molecule has 1 aliphatic rings. The SMILES string of the molecule is CSc1nnc(CN2CCN(CC(=O)Nc3ccccc3)CC2)s1. The number of carbonyl (C=O) groups is 1. The van der Waals surface area contributed by atoms with E-state index in [-0.39, 0.29) is 5.91 Å². The molecule has 1 aromatic heterocycles. The summed E-state index contributed by atoms with van der Waals surface area (Å²) in [5.74, 6) is 0.0448. The molecular weight excluding hydrogens is 342 g/mol. The van der Waals surface area contributed by atoms with Gasteiger partial charge >= 0.3 is 0 Å². The molecule has 2 aromatic rings. The predicted octanol–water partition coefficient (Wildman–Crippen LogP) is 2.02. The van der Waals surface area contributed by atoms with Crippen molar-refractivity contribution in [3.8, 4) is 0 Å². The fourth-order valence-corrected chi connectivity index (χ4v) is 3.96. The summed E-state index contributed by atoms with van der Waals surface area (Å²) in [7, 11) is 0. The minimum absolute atomic E-state index is 0.0448. The largest absolute Gasteiger partial charge is 0.325 e. The highest BCUT2D eigenvalue weighted by Crippen LogP contribution is 2.21. The highest BCUT2D eigenvalue weighted by atomic mass is 32.2. The Balaban J connectivity index is 1.41. The van der Waals surface area contributed by atoms with E-state index >= 15 is 0 Å². The number of nitrogens with zero attached hydrogens (tertiary/aromatic N) is 4. The Labute approximate surface area is 150 Å². The van der Waals surface area contributed by atoms with Gasteiger partial charge in [0.1, 0.15) is 5.01 Å². The van der Waals surface area contributed by atoms with Crippen LogP contribution >= 0.6 is 23.1 Å². The standard InChI is InChI=1S/C16H21N5OS2/c1-23-16-19-18-15(24-16)12-21-9-7-20(8-10-21)11-14(22)17-13-5-3-2-4-6-13/h2-6H,7-12H2,1H3,(H,17,22). The summed E-state index contributed by atoms with van der Waals surface area (Å²) in [5.41, 5.74) is 0.849. The third kappa shape index (κ3) is 5.01. The van der Waals surface area contributed by atoms with Crippen LogP contribution in [0.4, 0.5) is 5.69 Å². The van der Waals surface area contributed by atoms with E-state index in [1.54, 1.807) is 23.1 Å². The van der Waals surface area contributed by atoms with Crippen LogP contribution in [0.25, 0.3) is 0 Å². The number of para-hydroxylation sites is 1. The number of anilines is 1. The van der Waals surface area contributed by atoms with Gasteiger partial charge in [-0.15, -0.1) is 10.2 Å². The molecule has 8 heteroatoms. The van der Waals surface area contributed by atoms with Crippen LogP contribution in [0.5, 0.6) is 0 Å². The van der Waals surface area contributed by atoms with E-state index < -0.39 is 0 Å². The second-order valence-corrected chi connectivity index (χ2v) is 7.75. The van der Waals surface area contributed by atoms with Gasteiger partial charge in [0.05, 0.1) is 13.1 Å². The maximum absolute atomic E-state index is 12.1. The van der Waals surface area contributed by atoms with E-state index in [0.717, 1.165) is 47.8 Å². The average molecular weight is 364 g/mol. The number of hydrogen-bond donors (Lipinski definition) is 1. The molecule has 1 N–H and O–H groups in total. The van der Waals surface area contributed by atoms with E-state index in [1.807, 2.05) is 36.6 Å². The van der Waals surface area contributed by atoms with Crippen LogP contribution in [0.3, 0.4) is 0 Å². The first-order valence-electron chi connectivity index (χ1n) is 7.89. The van der Waals surface area contributed by atoms with E-state index in [2.05, 4.69) is 25.3 Å². The van der Waals surface area contributed by atoms with Crippen molar-refractivity contribution in [2.45, 2.75) is 10.9 Å². The minimum atomic E-state index is 0.0448. The molecular formula is C16H21N5OS2. The van der Waals surface area contributed by atoms with Crippen molar-refractivity contribution in [3.63, 3.8) is 0 Å². The zero-order chi connectivity index (χ0) is 16.8. The molecule has 128 valence electrons. The third-order valence-corrected chi connectivity index (χ3v) is 5.76. The maximum Gasteiger partial charge on any atom is 0.238 e. The smallest absolute Gasteiger partial charge is 0.238 e. The Morgan fingerprint density at radius 1 is 1.17 bits per heavy atom. The number of rotatable bonds is 6. The number of piperazine rings is 1. The number of benzene rings is 1. The Hall–Kier alpha value is -1.48. The average Bonchev–Trinajstić information content (AvgIpc) is 3.05. The molecule has 1 amide bonds. The lowest BCUT2D eigenvalue weighted by atomic mass is 10.3. The molecule has 2 heterocycles. The van der Waals surface area contributed by atoms with Crippen LogP contribution in [0.1, 0.15) is 5.01 Å². The van der Waals surface area contributed by atoms with Gasteiger partial charge in [-0.25, -0.2) is 0 Å². The van der Waals surface area contributed by atoms with Crippen molar-refractivity contribution in [1.29, 1.82) is 0 Å². The first-order valence-corrected chi connectivity index (χ1v) is 9.93. The molecule has 6 nitrogen and oxygen atoms in total. The molecule has 0 spiro atoms. The molecule has 0 atom stereocenters. The van der Waals surface area contributed by atoms with Crippen LogP contribution in [-0.2, 0) is 11.3 Å². The molecule has 3 rings (SSSR count). The highest BCUT2D eigenvalue weighted by Gasteiger charge is 2.20. The van der Waals surface area contributed by atoms with Gasteiger partial charge in [-0.2, -0.15) is 0 Å². The van der Waals surface area contributed by atoms with Crippen LogP contribution in [0.2, 0.25) is 0 Å². The molecule has 1 saturated heterocycles. The van der Waals surface area contributed by atoms with E-state index in [1.165, 1.54) is 0 Å². The maximum atomic E-state index is 12.1. The predicted molar refractivity (Wildman–Crippen MR) is 98.5 cm³/mol. The minimum Gasteiger partial charge on any atom is -0.325 e. The Kier molecular flexibility index (Phi) is 6.19. The van der Waals surface area contributed by atoms with Gasteiger partial charge < -0.3 is 5.32 Å². The van der Waals surface area contributed by atoms with Crippen LogP contribution in [-0.4, -0.2) is 64.9 Å². The van der Waals surface area contributed by atoms with Gasteiger partial charge in [-0.1, -0.05) is 41.3 Å². The fraction of sp³-hybridized carbons (Fsp3) is 0.438. The van der Waals surface area contributed by atoms with Crippen molar-refractivity contribution in [1.82, 2.24) is 20.0 Å². The summed E-state index contributed by atoms with van der Waals surface area (Å²) in [4.78, 5) is 16.7. The van der Waals surface area contributed by atoms with E-state index in [9.17, 15) is 4.79 Å². The van der Waals surface area contributed by atoms with Crippen LogP contribution in [0.15, 0.2) is 34.7 Å². The summed E-state index contributed by atoms with van der Waals surface area (Å²) in [6, 6.07) is 9.59. The number of nitrogens with one attached hydrogen (secondary N) is 1. The van der Waals surface area contributed by atoms with Gasteiger partial charge in [0.25, 0.3) is 0 Å². The molecule has 24 heavy (non-hydrogen) atoms. The van der Waals surface area contributed by atoms with Crippen molar-refractivity contribution in [2.24, 2.45) is 0 Å². The normalized spacial score (nSPS) is 16.2. The van der Waals surface area contributed by atoms with Crippen molar-refractivity contribution < 1.29 is 4.79 Å². The summed E-state index contributed by atoms with van der Waals surface area (Å²) < 4.78 is 1.02. The molecule has 0 bridgehead atoms. The Morgan fingerprint density at radius 2 is 1.88 bits per heavy atom. The number of hydrogen-bond acceptors (Lipinski definition) is 7. The lowest BCUT2D eigenvalue weighted by Crippen LogP contribution is -2.48. The topological polar surface area (TPSA) is 61.4 Å². The van der Waals surface area contributed by atoms with E-state index in [0.29, 0.717) is 6.54 Å². The third-order valence-electron chi connectivity index (χ3n) is 3.87. The number of thioether (sulfide) groups is 1. The first-order chi connectivity index (χ1) is 11.7. The van der Waals surface area contributed by atoms with Crippen LogP contribution < -0.4 is 5.32 Å². The van der Waals surface area contributed by atoms with Crippen molar-refractivity contribution >= 4 is 34.7 Å². The highest BCUT2D eigenvalue weighted by molar-refractivity contribution is 8.00. The molecule has 0 aliphatic carbocycles. The Bertz CT molecular complexity index is 655. The van der Waals surface area contributed by atoms with Crippen LogP contribution in [0, 0.1) is 0 Å². The quantitative estimate of drug-likeness (QED) is 0.793. The summed E-state index contributed by atoms with van der Waals surface area (Å²) in [5, 5.41) is 12.4. The van der Waals surface area contributed by atoms with Crippen molar-refractivity contribution in [3.05, 3.63) is 35.3 Å². The lowest BCUT2D eigenvalue weighted by Gasteiger charge is -2.33. The second kappa shape index (κ2) is 8.57. The molecule has 1 fully saturated rings. The van der Waals surface area contributed by atoms with Gasteiger partial charge in [-0.3, -0.25) is 14.6 Å². The monoisotopic (exact) mass is 363 g/mol. The van der Waals surface area contributed by atoms with Crippen molar-refractivity contribution in [2.75, 3.05) is 44.3 Å². The zero-order valence-electron chi connectivity index (χ0n) is 13.6. The molecule has 0 radical (unpaired) electrons. The first kappa shape index (κ1) is 17.3. The van der Waals surface area contributed by atoms with Gasteiger partial charge in [-0.05, 0) is 18.4 Å². The fourth-order valence-electron chi connectivity index (χ4n) is 2.61. The summed E-state index contributed by atoms with van der Waals surface area (Å²) in [6.45, 7) is 4.99. The van der Waals surface area contributed by atoms with Gasteiger partial charge in [0.2, 0.25) is 5.91 Å². The van der Waals surface area contributed by atoms with Gasteiger partial charge in [0, 0.05) is 31.9 Å². The van der Waals surface area contributed by atoms with Gasteiger partial charge in [0.15, 0.2) is 4.34 Å². The summed E-state index contributed by atoms with van der Waals surface area (Å²) >= 11 is 3.29. The number of carbonyl (C=O) groups excluding carboxylic acids is 1. The van der Waals surface area contributed by atoms with E-state index in [4.69, 9.17) is 0 Å². The lowest BCUT2D eigenvalue weighted by molar-refractivity contribution is -0.117.